The van der Waals surface area contributed by atoms with Gasteiger partial charge >= 0.3 is 0 Å². The molecule has 2 rings (SSSR count). The topological polar surface area (TPSA) is 20.2 Å². The molecule has 0 radical (unpaired) electrons. The van der Waals surface area contributed by atoms with Crippen LogP contribution in [0.2, 0.25) is 0 Å². The molecule has 0 aromatic carbocycles. The molecule has 104 valence electrons. The van der Waals surface area contributed by atoms with Crippen molar-refractivity contribution in [2.24, 2.45) is 7.05 Å². The Bertz CT molecular complexity index is 346. The first-order valence-corrected chi connectivity index (χ1v) is 6.00. The van der Waals surface area contributed by atoms with Gasteiger partial charge in [-0.05, 0) is 18.6 Å². The summed E-state index contributed by atoms with van der Waals surface area (Å²) in [6, 6.07) is 4.82. The number of nitrogens with one attached hydrogen (secondary N) is 1. The van der Waals surface area contributed by atoms with Gasteiger partial charge in [-0.15, -0.1) is 31.4 Å². The third-order valence-corrected chi connectivity index (χ3v) is 3.31. The SMILES string of the molecule is C=CC[C@@H](c1cccn1C)N1CCNCC1.Cl.Cl. The van der Waals surface area contributed by atoms with Crippen molar-refractivity contribution in [3.63, 3.8) is 0 Å². The van der Waals surface area contributed by atoms with Crippen LogP contribution in [0.15, 0.2) is 31.0 Å². The second-order valence-electron chi connectivity index (χ2n) is 4.37. The van der Waals surface area contributed by atoms with Crippen LogP contribution in [-0.2, 0) is 7.05 Å². The number of rotatable bonds is 4. The molecular formula is C13H23Cl2N3. The monoisotopic (exact) mass is 291 g/mol. The molecule has 5 heteroatoms. The van der Waals surface area contributed by atoms with E-state index in [1.807, 2.05) is 6.08 Å². The Morgan fingerprint density at radius 1 is 1.39 bits per heavy atom. The quantitative estimate of drug-likeness (QED) is 0.860. The summed E-state index contributed by atoms with van der Waals surface area (Å²) in [4.78, 5) is 2.55. The van der Waals surface area contributed by atoms with Gasteiger partial charge in [0.15, 0.2) is 0 Å². The van der Waals surface area contributed by atoms with Crippen LogP contribution in [0.1, 0.15) is 18.2 Å². The number of halogens is 2. The highest BCUT2D eigenvalue weighted by atomic mass is 35.5. The minimum Gasteiger partial charge on any atom is -0.353 e. The lowest BCUT2D eigenvalue weighted by molar-refractivity contribution is 0.169. The Labute approximate surface area is 122 Å². The van der Waals surface area contributed by atoms with Crippen molar-refractivity contribution < 1.29 is 0 Å². The lowest BCUT2D eigenvalue weighted by Gasteiger charge is -2.34. The summed E-state index contributed by atoms with van der Waals surface area (Å²) in [6.45, 7) is 8.33. The van der Waals surface area contributed by atoms with E-state index in [1.165, 1.54) is 5.69 Å². The van der Waals surface area contributed by atoms with Crippen molar-refractivity contribution in [1.29, 1.82) is 0 Å². The summed E-state index contributed by atoms with van der Waals surface area (Å²) in [5, 5.41) is 3.40. The van der Waals surface area contributed by atoms with Gasteiger partial charge in [-0.2, -0.15) is 0 Å². The molecule has 0 aliphatic carbocycles. The van der Waals surface area contributed by atoms with Gasteiger partial charge in [0.25, 0.3) is 0 Å². The fourth-order valence-corrected chi connectivity index (χ4v) is 2.43. The molecule has 0 unspecified atom stereocenters. The molecule has 18 heavy (non-hydrogen) atoms. The van der Waals surface area contributed by atoms with Crippen LogP contribution >= 0.6 is 24.8 Å². The molecule has 1 fully saturated rings. The normalized spacial score (nSPS) is 17.4. The van der Waals surface area contributed by atoms with Gasteiger partial charge in [0, 0.05) is 45.1 Å². The zero-order valence-electron chi connectivity index (χ0n) is 10.8. The van der Waals surface area contributed by atoms with Gasteiger partial charge < -0.3 is 9.88 Å². The molecule has 3 nitrogen and oxygen atoms in total. The maximum Gasteiger partial charge on any atom is 0.0535 e. The van der Waals surface area contributed by atoms with Crippen LogP contribution in [0.25, 0.3) is 0 Å². The van der Waals surface area contributed by atoms with Gasteiger partial charge in [0.05, 0.1) is 6.04 Å². The van der Waals surface area contributed by atoms with Gasteiger partial charge in [-0.3, -0.25) is 4.90 Å². The smallest absolute Gasteiger partial charge is 0.0535 e. The Morgan fingerprint density at radius 3 is 2.56 bits per heavy atom. The van der Waals surface area contributed by atoms with Crippen molar-refractivity contribution in [3.05, 3.63) is 36.7 Å². The summed E-state index contributed by atoms with van der Waals surface area (Å²) in [7, 11) is 2.12. The van der Waals surface area contributed by atoms with E-state index in [-0.39, 0.29) is 24.8 Å². The number of hydrogen-bond donors (Lipinski definition) is 1. The number of aromatic nitrogens is 1. The van der Waals surface area contributed by atoms with E-state index in [0.717, 1.165) is 32.6 Å². The summed E-state index contributed by atoms with van der Waals surface area (Å²) < 4.78 is 2.22. The first-order valence-electron chi connectivity index (χ1n) is 6.00. The van der Waals surface area contributed by atoms with Crippen molar-refractivity contribution in [1.82, 2.24) is 14.8 Å². The van der Waals surface area contributed by atoms with E-state index < -0.39 is 0 Å². The third kappa shape index (κ3) is 4.02. The predicted octanol–water partition coefficient (Wildman–Crippen LogP) is 2.39. The molecule has 0 amide bonds. The summed E-state index contributed by atoms with van der Waals surface area (Å²) in [5.74, 6) is 0. The number of aryl methyl sites for hydroxylation is 1. The van der Waals surface area contributed by atoms with Crippen LogP contribution < -0.4 is 5.32 Å². The Morgan fingerprint density at radius 2 is 2.06 bits per heavy atom. The second-order valence-corrected chi connectivity index (χ2v) is 4.37. The number of piperazine rings is 1. The minimum absolute atomic E-state index is 0. The van der Waals surface area contributed by atoms with Gasteiger partial charge in [-0.25, -0.2) is 0 Å². The third-order valence-electron chi connectivity index (χ3n) is 3.31. The summed E-state index contributed by atoms with van der Waals surface area (Å²) >= 11 is 0. The van der Waals surface area contributed by atoms with Crippen molar-refractivity contribution in [3.8, 4) is 0 Å². The average molecular weight is 292 g/mol. The molecule has 1 aromatic rings. The molecule has 0 saturated carbocycles. The van der Waals surface area contributed by atoms with Crippen molar-refractivity contribution >= 4 is 24.8 Å². The Hall–Kier alpha value is -0.480. The van der Waals surface area contributed by atoms with Gasteiger partial charge in [0.1, 0.15) is 0 Å². The van der Waals surface area contributed by atoms with E-state index in [2.05, 4.69) is 46.7 Å². The van der Waals surface area contributed by atoms with E-state index in [9.17, 15) is 0 Å². The van der Waals surface area contributed by atoms with E-state index >= 15 is 0 Å². The lowest BCUT2D eigenvalue weighted by atomic mass is 10.1. The molecule has 1 N–H and O–H groups in total. The molecule has 0 bridgehead atoms. The first kappa shape index (κ1) is 17.5. The zero-order chi connectivity index (χ0) is 11.4. The zero-order valence-corrected chi connectivity index (χ0v) is 12.5. The fourth-order valence-electron chi connectivity index (χ4n) is 2.43. The highest BCUT2D eigenvalue weighted by Crippen LogP contribution is 2.24. The van der Waals surface area contributed by atoms with Gasteiger partial charge in [0.2, 0.25) is 0 Å². The largest absolute Gasteiger partial charge is 0.353 e. The predicted molar refractivity (Wildman–Crippen MR) is 81.9 cm³/mol. The number of nitrogens with zero attached hydrogens (tertiary/aromatic N) is 2. The van der Waals surface area contributed by atoms with Crippen LogP contribution in [0, 0.1) is 0 Å². The maximum atomic E-state index is 3.88. The average Bonchev–Trinajstić information content (AvgIpc) is 2.73. The second kappa shape index (κ2) is 8.59. The molecular weight excluding hydrogens is 269 g/mol. The summed E-state index contributed by atoms with van der Waals surface area (Å²) in [6.07, 6.45) is 5.17. The Kier molecular flexibility index (Phi) is 8.36. The van der Waals surface area contributed by atoms with Crippen LogP contribution in [0.3, 0.4) is 0 Å². The number of hydrogen-bond acceptors (Lipinski definition) is 2. The van der Waals surface area contributed by atoms with E-state index in [4.69, 9.17) is 0 Å². The van der Waals surface area contributed by atoms with Crippen molar-refractivity contribution in [2.75, 3.05) is 26.2 Å². The Balaban J connectivity index is 0.00000144. The van der Waals surface area contributed by atoms with Gasteiger partial charge in [-0.1, -0.05) is 6.08 Å². The molecule has 1 saturated heterocycles. The molecule has 1 aromatic heterocycles. The van der Waals surface area contributed by atoms with E-state index in [0.29, 0.717) is 6.04 Å². The fraction of sp³-hybridized carbons (Fsp3) is 0.538. The first-order chi connectivity index (χ1) is 7.83. The lowest BCUT2D eigenvalue weighted by Crippen LogP contribution is -2.45. The molecule has 1 atom stereocenters. The van der Waals surface area contributed by atoms with E-state index in [1.54, 1.807) is 0 Å². The highest BCUT2D eigenvalue weighted by Gasteiger charge is 2.22. The molecule has 1 aliphatic heterocycles. The van der Waals surface area contributed by atoms with Crippen LogP contribution in [0.5, 0.6) is 0 Å². The minimum atomic E-state index is 0. The standard InChI is InChI=1S/C13H21N3.2ClH/c1-3-5-13(12-6-4-9-15(12)2)16-10-7-14-8-11-16;;/h3-4,6,9,13-14H,1,5,7-8,10-11H2,2H3;2*1H/t13-;;/m0../s1. The molecule has 2 heterocycles. The maximum absolute atomic E-state index is 3.88. The molecule has 0 spiro atoms. The highest BCUT2D eigenvalue weighted by molar-refractivity contribution is 5.85. The van der Waals surface area contributed by atoms with Crippen LogP contribution in [0.4, 0.5) is 0 Å². The van der Waals surface area contributed by atoms with Crippen molar-refractivity contribution in [2.45, 2.75) is 12.5 Å². The van der Waals surface area contributed by atoms with Crippen LogP contribution in [-0.4, -0.2) is 35.6 Å². The summed E-state index contributed by atoms with van der Waals surface area (Å²) in [5.41, 5.74) is 1.39. The molecule has 1 aliphatic rings.